The maximum Gasteiger partial charge on any atom is 0.141 e. The highest BCUT2D eigenvalue weighted by Gasteiger charge is 2.19. The van der Waals surface area contributed by atoms with Crippen LogP contribution in [-0.4, -0.2) is 60.7 Å². The second-order valence-electron chi connectivity index (χ2n) is 5.74. The minimum absolute atomic E-state index is 0.0531. The lowest BCUT2D eigenvalue weighted by Crippen LogP contribution is -2.30. The van der Waals surface area contributed by atoms with Gasteiger partial charge in [-0.2, -0.15) is 0 Å². The molecule has 1 rings (SSSR count). The zero-order valence-corrected chi connectivity index (χ0v) is 12.9. The maximum absolute atomic E-state index is 12.8. The van der Waals surface area contributed by atoms with Crippen LogP contribution in [0.15, 0.2) is 18.3 Å². The van der Waals surface area contributed by atoms with Crippen LogP contribution >= 0.6 is 0 Å². The third kappa shape index (κ3) is 5.94. The van der Waals surface area contributed by atoms with Crippen LogP contribution in [-0.2, 0) is 0 Å². The van der Waals surface area contributed by atoms with Gasteiger partial charge in [0, 0.05) is 12.5 Å². The zero-order valence-electron chi connectivity index (χ0n) is 12.9. The van der Waals surface area contributed by atoms with E-state index in [1.54, 1.807) is 6.07 Å². The van der Waals surface area contributed by atoms with E-state index in [9.17, 15) is 9.50 Å². The largest absolute Gasteiger partial charge is 0.386 e. The Kier molecular flexibility index (Phi) is 7.05. The van der Waals surface area contributed by atoms with Gasteiger partial charge in [-0.3, -0.25) is 4.98 Å². The summed E-state index contributed by atoms with van der Waals surface area (Å²) in [6.07, 6.45) is 1.58. The Labute approximate surface area is 121 Å². The highest BCUT2D eigenvalue weighted by molar-refractivity contribution is 5.08. The number of aliphatic hydroxyl groups is 1. The fourth-order valence-corrected chi connectivity index (χ4v) is 2.19. The van der Waals surface area contributed by atoms with Crippen LogP contribution in [0.1, 0.15) is 25.1 Å². The van der Waals surface area contributed by atoms with E-state index in [2.05, 4.69) is 35.9 Å². The standard InChI is InChI=1S/C15H26FN3O/c1-12(11-19(4)9-5-8-18(2)3)15(20)14-7-6-13(16)10-17-14/h6-7,10,12,15,20H,5,8-9,11H2,1-4H3. The van der Waals surface area contributed by atoms with Crippen molar-refractivity contribution in [2.45, 2.75) is 19.4 Å². The van der Waals surface area contributed by atoms with Gasteiger partial charge in [0.25, 0.3) is 0 Å². The molecule has 0 aliphatic heterocycles. The maximum atomic E-state index is 12.8. The number of pyridine rings is 1. The molecule has 2 unspecified atom stereocenters. The van der Waals surface area contributed by atoms with Gasteiger partial charge in [0.1, 0.15) is 5.82 Å². The van der Waals surface area contributed by atoms with Crippen molar-refractivity contribution < 1.29 is 9.50 Å². The fourth-order valence-electron chi connectivity index (χ4n) is 2.19. The Bertz CT molecular complexity index is 383. The van der Waals surface area contributed by atoms with E-state index in [1.807, 2.05) is 6.92 Å². The van der Waals surface area contributed by atoms with Crippen molar-refractivity contribution in [3.05, 3.63) is 29.8 Å². The molecule has 0 fully saturated rings. The molecule has 0 aliphatic carbocycles. The summed E-state index contributed by atoms with van der Waals surface area (Å²) in [6.45, 7) is 4.82. The van der Waals surface area contributed by atoms with Gasteiger partial charge in [0.05, 0.1) is 18.0 Å². The molecule has 0 saturated carbocycles. The molecule has 20 heavy (non-hydrogen) atoms. The summed E-state index contributed by atoms with van der Waals surface area (Å²) in [6, 6.07) is 2.88. The Balaban J connectivity index is 2.40. The summed E-state index contributed by atoms with van der Waals surface area (Å²) < 4.78 is 12.8. The van der Waals surface area contributed by atoms with Gasteiger partial charge in [-0.15, -0.1) is 0 Å². The summed E-state index contributed by atoms with van der Waals surface area (Å²) in [7, 11) is 6.18. The average Bonchev–Trinajstić information content (AvgIpc) is 2.38. The number of hydrogen-bond donors (Lipinski definition) is 1. The van der Waals surface area contributed by atoms with E-state index in [1.165, 1.54) is 6.07 Å². The molecular weight excluding hydrogens is 257 g/mol. The second-order valence-corrected chi connectivity index (χ2v) is 5.74. The summed E-state index contributed by atoms with van der Waals surface area (Å²) in [5.74, 6) is -0.327. The second kappa shape index (κ2) is 8.29. The van der Waals surface area contributed by atoms with Crippen LogP contribution in [0.2, 0.25) is 0 Å². The monoisotopic (exact) mass is 283 g/mol. The van der Waals surface area contributed by atoms with E-state index in [0.29, 0.717) is 5.69 Å². The summed E-state index contributed by atoms with van der Waals surface area (Å²) in [4.78, 5) is 8.31. The quantitative estimate of drug-likeness (QED) is 0.789. The van der Waals surface area contributed by atoms with Gasteiger partial charge >= 0.3 is 0 Å². The molecule has 0 aliphatic rings. The van der Waals surface area contributed by atoms with Crippen molar-refractivity contribution in [1.29, 1.82) is 0 Å². The molecule has 2 atom stereocenters. The molecule has 0 saturated heterocycles. The molecule has 1 heterocycles. The van der Waals surface area contributed by atoms with Gasteiger partial charge in [0.2, 0.25) is 0 Å². The van der Waals surface area contributed by atoms with Gasteiger partial charge in [-0.1, -0.05) is 6.92 Å². The predicted molar refractivity (Wildman–Crippen MR) is 79.0 cm³/mol. The van der Waals surface area contributed by atoms with E-state index < -0.39 is 6.10 Å². The molecule has 0 aromatic carbocycles. The number of hydrogen-bond acceptors (Lipinski definition) is 4. The van der Waals surface area contributed by atoms with Crippen LogP contribution < -0.4 is 0 Å². The third-order valence-corrected chi connectivity index (χ3v) is 3.34. The fraction of sp³-hybridized carbons (Fsp3) is 0.667. The zero-order chi connectivity index (χ0) is 15.1. The Hall–Kier alpha value is -1.04. The van der Waals surface area contributed by atoms with Crippen LogP contribution in [0.3, 0.4) is 0 Å². The molecule has 1 aromatic rings. The molecule has 4 nitrogen and oxygen atoms in total. The first kappa shape index (κ1) is 17.0. The molecule has 0 spiro atoms. The summed E-state index contributed by atoms with van der Waals surface area (Å²) in [5, 5.41) is 10.2. The first-order valence-electron chi connectivity index (χ1n) is 7.03. The lowest BCUT2D eigenvalue weighted by atomic mass is 10.0. The van der Waals surface area contributed by atoms with E-state index >= 15 is 0 Å². The number of nitrogens with zero attached hydrogens (tertiary/aromatic N) is 3. The Morgan fingerprint density at radius 2 is 1.95 bits per heavy atom. The molecule has 0 amide bonds. The van der Waals surface area contributed by atoms with Crippen molar-refractivity contribution in [3.63, 3.8) is 0 Å². The highest BCUT2D eigenvalue weighted by atomic mass is 19.1. The van der Waals surface area contributed by atoms with Crippen LogP contribution in [0.25, 0.3) is 0 Å². The molecule has 5 heteroatoms. The van der Waals surface area contributed by atoms with Crippen molar-refractivity contribution >= 4 is 0 Å². The highest BCUT2D eigenvalue weighted by Crippen LogP contribution is 2.20. The minimum Gasteiger partial charge on any atom is -0.386 e. The van der Waals surface area contributed by atoms with Crippen molar-refractivity contribution in [2.75, 3.05) is 40.8 Å². The van der Waals surface area contributed by atoms with E-state index in [0.717, 1.165) is 32.3 Å². The minimum atomic E-state index is -0.660. The predicted octanol–water partition coefficient (Wildman–Crippen LogP) is 1.77. The first-order valence-corrected chi connectivity index (χ1v) is 7.03. The molecule has 0 radical (unpaired) electrons. The van der Waals surface area contributed by atoms with Gasteiger partial charge in [-0.25, -0.2) is 4.39 Å². The average molecular weight is 283 g/mol. The van der Waals surface area contributed by atoms with Gasteiger partial charge < -0.3 is 14.9 Å². The summed E-state index contributed by atoms with van der Waals surface area (Å²) >= 11 is 0. The molecule has 0 bridgehead atoms. The van der Waals surface area contributed by atoms with Crippen molar-refractivity contribution in [3.8, 4) is 0 Å². The van der Waals surface area contributed by atoms with E-state index in [4.69, 9.17) is 0 Å². The number of aliphatic hydroxyl groups excluding tert-OH is 1. The molecular formula is C15H26FN3O. The lowest BCUT2D eigenvalue weighted by molar-refractivity contribution is 0.0904. The Morgan fingerprint density at radius 1 is 1.25 bits per heavy atom. The molecule has 114 valence electrons. The molecule has 1 N–H and O–H groups in total. The number of halogens is 1. The van der Waals surface area contributed by atoms with Crippen molar-refractivity contribution in [2.24, 2.45) is 5.92 Å². The van der Waals surface area contributed by atoms with E-state index in [-0.39, 0.29) is 11.7 Å². The smallest absolute Gasteiger partial charge is 0.141 e. The lowest BCUT2D eigenvalue weighted by Gasteiger charge is -2.25. The SMILES string of the molecule is CC(CN(C)CCCN(C)C)C(O)c1ccc(F)cn1. The first-order chi connectivity index (χ1) is 9.40. The van der Waals surface area contributed by atoms with Crippen molar-refractivity contribution in [1.82, 2.24) is 14.8 Å². The Morgan fingerprint density at radius 3 is 2.50 bits per heavy atom. The van der Waals surface area contributed by atoms with Crippen LogP contribution in [0.5, 0.6) is 0 Å². The van der Waals surface area contributed by atoms with Gasteiger partial charge in [-0.05, 0) is 52.8 Å². The van der Waals surface area contributed by atoms with Crippen LogP contribution in [0.4, 0.5) is 4.39 Å². The number of rotatable bonds is 8. The van der Waals surface area contributed by atoms with Gasteiger partial charge in [0.15, 0.2) is 0 Å². The number of aromatic nitrogens is 1. The topological polar surface area (TPSA) is 39.6 Å². The normalized spacial score (nSPS) is 14.8. The molecule has 1 aromatic heterocycles. The third-order valence-electron chi connectivity index (χ3n) is 3.34. The summed E-state index contributed by atoms with van der Waals surface area (Å²) in [5.41, 5.74) is 0.528. The van der Waals surface area contributed by atoms with Crippen LogP contribution in [0, 0.1) is 11.7 Å².